The maximum absolute atomic E-state index is 13.1. The predicted octanol–water partition coefficient (Wildman–Crippen LogP) is 4.14. The molecule has 0 saturated carbocycles. The molecule has 2 aromatic carbocycles. The Balaban J connectivity index is 1.85. The molecule has 0 aliphatic rings. The monoisotopic (exact) mass is 351 g/mol. The molecule has 0 aliphatic carbocycles. The molecule has 2 aromatic rings. The maximum atomic E-state index is 13.1. The van der Waals surface area contributed by atoms with Crippen LogP contribution in [0.15, 0.2) is 53.0 Å². The third kappa shape index (κ3) is 5.23. The number of hydrogen-bond acceptors (Lipinski definition) is 2. The van der Waals surface area contributed by atoms with Crippen molar-refractivity contribution in [1.82, 2.24) is 4.90 Å². The van der Waals surface area contributed by atoms with Gasteiger partial charge in [-0.1, -0.05) is 40.2 Å². The zero-order valence-electron chi connectivity index (χ0n) is 12.0. The SMILES string of the molecule is CN(CCC(O)c1cccc(F)c1)Cc1cccc(Br)c1. The summed E-state index contributed by atoms with van der Waals surface area (Å²) >= 11 is 3.46. The van der Waals surface area contributed by atoms with Gasteiger partial charge in [0.1, 0.15) is 5.82 Å². The van der Waals surface area contributed by atoms with Gasteiger partial charge in [0.25, 0.3) is 0 Å². The molecule has 0 bridgehead atoms. The summed E-state index contributed by atoms with van der Waals surface area (Å²) in [6.07, 6.45) is -0.0563. The number of aliphatic hydroxyl groups is 1. The highest BCUT2D eigenvalue weighted by atomic mass is 79.9. The predicted molar refractivity (Wildman–Crippen MR) is 86.5 cm³/mol. The van der Waals surface area contributed by atoms with E-state index in [2.05, 4.69) is 33.0 Å². The number of nitrogens with zero attached hydrogens (tertiary/aromatic N) is 1. The van der Waals surface area contributed by atoms with E-state index in [1.807, 2.05) is 19.2 Å². The molecule has 1 N–H and O–H groups in total. The van der Waals surface area contributed by atoms with Crippen LogP contribution in [0.25, 0.3) is 0 Å². The molecule has 112 valence electrons. The third-order valence-electron chi connectivity index (χ3n) is 3.36. The molecule has 0 aliphatic heterocycles. The second-order valence-electron chi connectivity index (χ2n) is 5.23. The summed E-state index contributed by atoms with van der Waals surface area (Å²) in [7, 11) is 2.01. The third-order valence-corrected chi connectivity index (χ3v) is 3.85. The molecule has 21 heavy (non-hydrogen) atoms. The van der Waals surface area contributed by atoms with E-state index < -0.39 is 6.10 Å². The largest absolute Gasteiger partial charge is 0.388 e. The van der Waals surface area contributed by atoms with E-state index in [0.29, 0.717) is 12.0 Å². The molecule has 0 radical (unpaired) electrons. The summed E-state index contributed by atoms with van der Waals surface area (Å²) in [4.78, 5) is 2.14. The van der Waals surface area contributed by atoms with Crippen molar-refractivity contribution < 1.29 is 9.50 Å². The van der Waals surface area contributed by atoms with Crippen LogP contribution in [0.2, 0.25) is 0 Å². The fourth-order valence-corrected chi connectivity index (χ4v) is 2.70. The van der Waals surface area contributed by atoms with E-state index in [1.165, 1.54) is 17.7 Å². The first-order valence-electron chi connectivity index (χ1n) is 6.91. The highest BCUT2D eigenvalue weighted by molar-refractivity contribution is 9.10. The van der Waals surface area contributed by atoms with Gasteiger partial charge in [-0.2, -0.15) is 0 Å². The number of rotatable bonds is 6. The van der Waals surface area contributed by atoms with E-state index in [9.17, 15) is 9.50 Å². The molecule has 0 saturated heterocycles. The lowest BCUT2D eigenvalue weighted by Gasteiger charge is -2.19. The standard InChI is InChI=1S/C17H19BrFNO/c1-20(12-13-4-2-6-15(18)10-13)9-8-17(21)14-5-3-7-16(19)11-14/h2-7,10-11,17,21H,8-9,12H2,1H3. The lowest BCUT2D eigenvalue weighted by Crippen LogP contribution is -2.21. The van der Waals surface area contributed by atoms with Crippen LogP contribution in [0.4, 0.5) is 4.39 Å². The topological polar surface area (TPSA) is 23.5 Å². The lowest BCUT2D eigenvalue weighted by molar-refractivity contribution is 0.147. The van der Waals surface area contributed by atoms with Crippen molar-refractivity contribution in [2.24, 2.45) is 0 Å². The van der Waals surface area contributed by atoms with E-state index in [-0.39, 0.29) is 5.82 Å². The van der Waals surface area contributed by atoms with Gasteiger partial charge >= 0.3 is 0 Å². The molecular weight excluding hydrogens is 333 g/mol. The summed E-state index contributed by atoms with van der Waals surface area (Å²) in [6, 6.07) is 14.3. The van der Waals surface area contributed by atoms with Gasteiger partial charge in [-0.05, 0) is 48.9 Å². The Hall–Kier alpha value is -1.23. The smallest absolute Gasteiger partial charge is 0.123 e. The van der Waals surface area contributed by atoms with Crippen LogP contribution in [0.3, 0.4) is 0 Å². The van der Waals surface area contributed by atoms with E-state index in [0.717, 1.165) is 17.6 Å². The molecule has 1 atom stereocenters. The molecule has 0 fully saturated rings. The Labute approximate surface area is 133 Å². The van der Waals surface area contributed by atoms with Crippen LogP contribution >= 0.6 is 15.9 Å². The molecule has 0 amide bonds. The molecule has 0 aromatic heterocycles. The Morgan fingerprint density at radius 3 is 2.67 bits per heavy atom. The maximum Gasteiger partial charge on any atom is 0.123 e. The van der Waals surface area contributed by atoms with E-state index >= 15 is 0 Å². The van der Waals surface area contributed by atoms with E-state index in [1.54, 1.807) is 12.1 Å². The number of aliphatic hydroxyl groups excluding tert-OH is 1. The minimum atomic E-state index is -0.634. The van der Waals surface area contributed by atoms with Crippen molar-refractivity contribution in [3.63, 3.8) is 0 Å². The molecular formula is C17H19BrFNO. The van der Waals surface area contributed by atoms with Crippen LogP contribution in [0.5, 0.6) is 0 Å². The van der Waals surface area contributed by atoms with E-state index in [4.69, 9.17) is 0 Å². The molecule has 0 heterocycles. The Morgan fingerprint density at radius 2 is 1.95 bits per heavy atom. The van der Waals surface area contributed by atoms with Crippen molar-refractivity contribution in [3.05, 3.63) is 69.9 Å². The number of benzene rings is 2. The summed E-state index contributed by atoms with van der Waals surface area (Å²) in [5.74, 6) is -0.311. The number of halogens is 2. The van der Waals surface area contributed by atoms with Crippen molar-refractivity contribution in [1.29, 1.82) is 0 Å². The second-order valence-corrected chi connectivity index (χ2v) is 6.14. The Kier molecular flexibility index (Phi) is 5.91. The zero-order chi connectivity index (χ0) is 15.2. The van der Waals surface area contributed by atoms with Gasteiger partial charge in [0.15, 0.2) is 0 Å². The minimum absolute atomic E-state index is 0.311. The van der Waals surface area contributed by atoms with Crippen LogP contribution in [0.1, 0.15) is 23.7 Å². The summed E-state index contributed by atoms with van der Waals surface area (Å²) in [6.45, 7) is 1.56. The molecule has 4 heteroatoms. The normalized spacial score (nSPS) is 12.6. The minimum Gasteiger partial charge on any atom is -0.388 e. The summed E-state index contributed by atoms with van der Waals surface area (Å²) < 4.78 is 14.2. The van der Waals surface area contributed by atoms with Gasteiger partial charge in [-0.15, -0.1) is 0 Å². The first kappa shape index (κ1) is 16.1. The van der Waals surface area contributed by atoms with Crippen LogP contribution in [-0.2, 0) is 6.54 Å². The Bertz CT molecular complexity index is 591. The van der Waals surface area contributed by atoms with Gasteiger partial charge in [-0.3, -0.25) is 0 Å². The molecule has 2 rings (SSSR count). The van der Waals surface area contributed by atoms with Crippen molar-refractivity contribution in [2.45, 2.75) is 19.1 Å². The quantitative estimate of drug-likeness (QED) is 0.845. The van der Waals surface area contributed by atoms with Crippen LogP contribution in [0, 0.1) is 5.82 Å². The van der Waals surface area contributed by atoms with Crippen molar-refractivity contribution in [3.8, 4) is 0 Å². The van der Waals surface area contributed by atoms with Gasteiger partial charge in [0.2, 0.25) is 0 Å². The molecule has 0 spiro atoms. The van der Waals surface area contributed by atoms with Gasteiger partial charge in [0, 0.05) is 17.6 Å². The first-order valence-corrected chi connectivity index (χ1v) is 7.70. The fraction of sp³-hybridized carbons (Fsp3) is 0.294. The van der Waals surface area contributed by atoms with Gasteiger partial charge in [0.05, 0.1) is 6.10 Å². The summed E-state index contributed by atoms with van der Waals surface area (Å²) in [5, 5.41) is 10.1. The highest BCUT2D eigenvalue weighted by Crippen LogP contribution is 2.18. The second kappa shape index (κ2) is 7.69. The highest BCUT2D eigenvalue weighted by Gasteiger charge is 2.10. The molecule has 2 nitrogen and oxygen atoms in total. The average Bonchev–Trinajstić information content (AvgIpc) is 2.45. The molecule has 1 unspecified atom stereocenters. The Morgan fingerprint density at radius 1 is 1.19 bits per heavy atom. The van der Waals surface area contributed by atoms with Crippen LogP contribution < -0.4 is 0 Å². The first-order chi connectivity index (χ1) is 10.0. The zero-order valence-corrected chi connectivity index (χ0v) is 13.6. The lowest BCUT2D eigenvalue weighted by atomic mass is 10.1. The summed E-state index contributed by atoms with van der Waals surface area (Å²) in [5.41, 5.74) is 1.85. The van der Waals surface area contributed by atoms with Crippen molar-refractivity contribution >= 4 is 15.9 Å². The van der Waals surface area contributed by atoms with Crippen molar-refractivity contribution in [2.75, 3.05) is 13.6 Å². The van der Waals surface area contributed by atoms with Gasteiger partial charge < -0.3 is 10.0 Å². The van der Waals surface area contributed by atoms with Crippen LogP contribution in [-0.4, -0.2) is 23.6 Å². The average molecular weight is 352 g/mol. The van der Waals surface area contributed by atoms with Gasteiger partial charge in [-0.25, -0.2) is 4.39 Å². The fourth-order valence-electron chi connectivity index (χ4n) is 2.25. The number of hydrogen-bond donors (Lipinski definition) is 1.